The maximum atomic E-state index is 8.91. The van der Waals surface area contributed by atoms with Crippen molar-refractivity contribution in [3.05, 3.63) is 15.6 Å². The highest BCUT2D eigenvalue weighted by atomic mass is 32.1. The van der Waals surface area contributed by atoms with E-state index < -0.39 is 0 Å². The van der Waals surface area contributed by atoms with Gasteiger partial charge in [-0.25, -0.2) is 4.98 Å². The molecular weight excluding hydrogens is 208 g/mol. The lowest BCUT2D eigenvalue weighted by molar-refractivity contribution is 0.230. The number of hydrogen-bond acceptors (Lipinski definition) is 4. The van der Waals surface area contributed by atoms with Gasteiger partial charge in [0.15, 0.2) is 0 Å². The van der Waals surface area contributed by atoms with E-state index in [-0.39, 0.29) is 12.1 Å². The highest BCUT2D eigenvalue weighted by molar-refractivity contribution is 7.11. The van der Waals surface area contributed by atoms with E-state index in [1.807, 2.05) is 13.8 Å². The van der Waals surface area contributed by atoms with Gasteiger partial charge in [-0.15, -0.1) is 11.3 Å². The van der Waals surface area contributed by atoms with E-state index in [4.69, 9.17) is 5.11 Å². The number of rotatable bonds is 5. The number of hydrogen-bond donors (Lipinski definition) is 2. The van der Waals surface area contributed by atoms with E-state index >= 15 is 0 Å². The second-order valence-corrected chi connectivity index (χ2v) is 5.74. The Labute approximate surface area is 95.6 Å². The Morgan fingerprint density at radius 2 is 2.07 bits per heavy atom. The predicted molar refractivity (Wildman–Crippen MR) is 64.2 cm³/mol. The van der Waals surface area contributed by atoms with Crippen LogP contribution in [-0.4, -0.2) is 22.2 Å². The third kappa shape index (κ3) is 3.89. The Morgan fingerprint density at radius 3 is 2.53 bits per heavy atom. The number of nitrogens with one attached hydrogen (secondary N) is 1. The standard InChI is InChI=1S/C11H20N2OS/c1-8-10(15-9(2)13-8)7-12-11(3,4)5-6-14/h12,14H,5-7H2,1-4H3. The molecule has 4 heteroatoms. The molecule has 1 heterocycles. The van der Waals surface area contributed by atoms with Crippen LogP contribution in [0.4, 0.5) is 0 Å². The number of aliphatic hydroxyl groups excluding tert-OH is 1. The maximum absolute atomic E-state index is 8.91. The Kier molecular flexibility index (Phi) is 4.25. The van der Waals surface area contributed by atoms with Crippen LogP contribution in [0.2, 0.25) is 0 Å². The first-order valence-electron chi connectivity index (χ1n) is 5.23. The minimum Gasteiger partial charge on any atom is -0.396 e. The molecule has 2 N–H and O–H groups in total. The van der Waals surface area contributed by atoms with Gasteiger partial charge in [-0.05, 0) is 34.1 Å². The third-order valence-corrected chi connectivity index (χ3v) is 3.54. The van der Waals surface area contributed by atoms with E-state index in [0.29, 0.717) is 0 Å². The Morgan fingerprint density at radius 1 is 1.40 bits per heavy atom. The summed E-state index contributed by atoms with van der Waals surface area (Å²) >= 11 is 1.74. The largest absolute Gasteiger partial charge is 0.396 e. The lowest BCUT2D eigenvalue weighted by atomic mass is 10.0. The van der Waals surface area contributed by atoms with Crippen molar-refractivity contribution < 1.29 is 5.11 Å². The highest BCUT2D eigenvalue weighted by Gasteiger charge is 2.16. The Bertz CT molecular complexity index is 320. The van der Waals surface area contributed by atoms with Crippen LogP contribution in [0.3, 0.4) is 0 Å². The first-order valence-corrected chi connectivity index (χ1v) is 6.05. The first kappa shape index (κ1) is 12.6. The SMILES string of the molecule is Cc1nc(C)c(CNC(C)(C)CCO)s1. The lowest BCUT2D eigenvalue weighted by Crippen LogP contribution is -2.39. The van der Waals surface area contributed by atoms with Crippen molar-refractivity contribution in [1.29, 1.82) is 0 Å². The molecule has 0 radical (unpaired) electrons. The van der Waals surface area contributed by atoms with Crippen LogP contribution in [-0.2, 0) is 6.54 Å². The summed E-state index contributed by atoms with van der Waals surface area (Å²) < 4.78 is 0. The third-order valence-electron chi connectivity index (χ3n) is 2.46. The molecule has 1 aromatic heterocycles. The molecule has 0 atom stereocenters. The van der Waals surface area contributed by atoms with E-state index in [0.717, 1.165) is 23.7 Å². The van der Waals surface area contributed by atoms with Gasteiger partial charge in [-0.2, -0.15) is 0 Å². The molecule has 0 saturated heterocycles. The summed E-state index contributed by atoms with van der Waals surface area (Å²) in [6, 6.07) is 0. The highest BCUT2D eigenvalue weighted by Crippen LogP contribution is 2.18. The van der Waals surface area contributed by atoms with Crippen molar-refractivity contribution >= 4 is 11.3 Å². The zero-order valence-electron chi connectivity index (χ0n) is 9.92. The molecule has 0 aliphatic carbocycles. The number of aryl methyl sites for hydroxylation is 2. The van der Waals surface area contributed by atoms with Gasteiger partial charge in [0.05, 0.1) is 10.7 Å². The molecule has 0 saturated carbocycles. The molecule has 1 aromatic rings. The van der Waals surface area contributed by atoms with Gasteiger partial charge < -0.3 is 10.4 Å². The Hall–Kier alpha value is -0.450. The van der Waals surface area contributed by atoms with Crippen molar-refractivity contribution in [2.24, 2.45) is 0 Å². The number of nitrogens with zero attached hydrogens (tertiary/aromatic N) is 1. The molecule has 0 aliphatic heterocycles. The number of aliphatic hydroxyl groups is 1. The van der Waals surface area contributed by atoms with E-state index in [1.165, 1.54) is 4.88 Å². The molecule has 0 aliphatic rings. The summed E-state index contributed by atoms with van der Waals surface area (Å²) in [7, 11) is 0. The summed E-state index contributed by atoms with van der Waals surface area (Å²) in [6.45, 7) is 9.34. The predicted octanol–water partition coefficient (Wildman–Crippen LogP) is 2.01. The monoisotopic (exact) mass is 228 g/mol. The molecule has 0 amide bonds. The smallest absolute Gasteiger partial charge is 0.0900 e. The summed E-state index contributed by atoms with van der Waals surface area (Å²) in [5, 5.41) is 13.5. The van der Waals surface area contributed by atoms with Crippen molar-refractivity contribution in [2.45, 2.75) is 46.2 Å². The molecule has 1 rings (SSSR count). The second-order valence-electron chi connectivity index (χ2n) is 4.45. The molecule has 3 nitrogen and oxygen atoms in total. The van der Waals surface area contributed by atoms with Crippen LogP contribution in [0.25, 0.3) is 0 Å². The van der Waals surface area contributed by atoms with Crippen LogP contribution < -0.4 is 5.32 Å². The van der Waals surface area contributed by atoms with Gasteiger partial charge >= 0.3 is 0 Å². The van der Waals surface area contributed by atoms with Crippen molar-refractivity contribution in [3.8, 4) is 0 Å². The van der Waals surface area contributed by atoms with Crippen LogP contribution in [0, 0.1) is 13.8 Å². The van der Waals surface area contributed by atoms with Gasteiger partial charge in [0.1, 0.15) is 0 Å². The van der Waals surface area contributed by atoms with Gasteiger partial charge in [0, 0.05) is 23.6 Å². The quantitative estimate of drug-likeness (QED) is 0.810. The number of thiazole rings is 1. The summed E-state index contributed by atoms with van der Waals surface area (Å²) in [4.78, 5) is 5.68. The zero-order chi connectivity index (χ0) is 11.5. The molecule has 0 aromatic carbocycles. The summed E-state index contributed by atoms with van der Waals surface area (Å²) in [6.07, 6.45) is 0.768. The molecule has 0 bridgehead atoms. The topological polar surface area (TPSA) is 45.2 Å². The van der Waals surface area contributed by atoms with Crippen LogP contribution in [0.15, 0.2) is 0 Å². The van der Waals surface area contributed by atoms with Gasteiger partial charge in [-0.3, -0.25) is 0 Å². The fourth-order valence-electron chi connectivity index (χ4n) is 1.42. The minimum absolute atomic E-state index is 0.0148. The van der Waals surface area contributed by atoms with E-state index in [2.05, 4.69) is 24.1 Å². The van der Waals surface area contributed by atoms with Crippen molar-refractivity contribution in [1.82, 2.24) is 10.3 Å². The van der Waals surface area contributed by atoms with Gasteiger partial charge in [-0.1, -0.05) is 0 Å². The number of aromatic nitrogens is 1. The minimum atomic E-state index is -0.0148. The van der Waals surface area contributed by atoms with Gasteiger partial charge in [0.2, 0.25) is 0 Å². The van der Waals surface area contributed by atoms with Crippen molar-refractivity contribution in [3.63, 3.8) is 0 Å². The molecule has 15 heavy (non-hydrogen) atoms. The molecular formula is C11H20N2OS. The van der Waals surface area contributed by atoms with Crippen molar-refractivity contribution in [2.75, 3.05) is 6.61 Å². The average Bonchev–Trinajstić information content (AvgIpc) is 2.42. The normalized spacial score (nSPS) is 12.1. The molecule has 0 fully saturated rings. The zero-order valence-corrected chi connectivity index (χ0v) is 10.7. The van der Waals surface area contributed by atoms with E-state index in [9.17, 15) is 0 Å². The average molecular weight is 228 g/mol. The maximum Gasteiger partial charge on any atom is 0.0900 e. The van der Waals surface area contributed by atoms with Crippen LogP contribution in [0.5, 0.6) is 0 Å². The summed E-state index contributed by atoms with van der Waals surface area (Å²) in [5.74, 6) is 0. The fourth-order valence-corrected chi connectivity index (χ4v) is 2.30. The van der Waals surface area contributed by atoms with E-state index in [1.54, 1.807) is 11.3 Å². The fraction of sp³-hybridized carbons (Fsp3) is 0.727. The molecule has 86 valence electrons. The summed E-state index contributed by atoms with van der Waals surface area (Å²) in [5.41, 5.74) is 1.10. The van der Waals surface area contributed by atoms with Crippen LogP contribution in [0.1, 0.15) is 35.8 Å². The molecule has 0 spiro atoms. The Balaban J connectivity index is 2.53. The second kappa shape index (κ2) is 5.05. The lowest BCUT2D eigenvalue weighted by Gasteiger charge is -2.25. The van der Waals surface area contributed by atoms with Gasteiger partial charge in [0.25, 0.3) is 0 Å². The molecule has 0 unspecified atom stereocenters. The first-order chi connectivity index (χ1) is 6.94. The van der Waals surface area contributed by atoms with Crippen LogP contribution >= 0.6 is 11.3 Å².